The van der Waals surface area contributed by atoms with Crippen LogP contribution in [-0.2, 0) is 9.53 Å². The van der Waals surface area contributed by atoms with Gasteiger partial charge in [0, 0.05) is 19.2 Å². The number of ether oxygens (including phenoxy) is 1. The lowest BCUT2D eigenvalue weighted by Gasteiger charge is -2.31. The average molecular weight is 295 g/mol. The highest BCUT2D eigenvalue weighted by Gasteiger charge is 2.30. The number of carbonyl (C=O) groups is 2. The first-order chi connectivity index (χ1) is 10.0. The van der Waals surface area contributed by atoms with Crippen LogP contribution in [0.4, 0.5) is 4.39 Å². The van der Waals surface area contributed by atoms with Crippen molar-refractivity contribution in [2.45, 2.75) is 19.8 Å². The van der Waals surface area contributed by atoms with Crippen LogP contribution in [-0.4, -0.2) is 41.6 Å². The number of piperidine rings is 1. The van der Waals surface area contributed by atoms with Crippen molar-refractivity contribution in [3.05, 3.63) is 29.6 Å². The van der Waals surface area contributed by atoms with Gasteiger partial charge >= 0.3 is 5.97 Å². The Hall–Kier alpha value is -2.11. The largest absolute Gasteiger partial charge is 0.508 e. The normalized spacial score (nSPS) is 18.4. The molecule has 1 atom stereocenters. The summed E-state index contributed by atoms with van der Waals surface area (Å²) in [5, 5.41) is 9.18. The highest BCUT2D eigenvalue weighted by Crippen LogP contribution is 2.22. The Labute approximate surface area is 122 Å². The van der Waals surface area contributed by atoms with Gasteiger partial charge in [-0.05, 0) is 31.9 Å². The van der Waals surface area contributed by atoms with Gasteiger partial charge in [0.05, 0.1) is 18.1 Å². The lowest BCUT2D eigenvalue weighted by molar-refractivity contribution is -0.149. The first kappa shape index (κ1) is 15.3. The number of rotatable bonds is 3. The van der Waals surface area contributed by atoms with E-state index in [1.54, 1.807) is 6.92 Å². The van der Waals surface area contributed by atoms with Gasteiger partial charge in [-0.3, -0.25) is 9.59 Å². The van der Waals surface area contributed by atoms with E-state index < -0.39 is 11.7 Å². The Balaban J connectivity index is 2.10. The highest BCUT2D eigenvalue weighted by molar-refractivity contribution is 5.95. The summed E-state index contributed by atoms with van der Waals surface area (Å²) in [7, 11) is 0. The number of hydrogen-bond donors (Lipinski definition) is 1. The Morgan fingerprint density at radius 3 is 2.90 bits per heavy atom. The molecule has 0 unspecified atom stereocenters. The molecule has 6 heteroatoms. The lowest BCUT2D eigenvalue weighted by Crippen LogP contribution is -2.43. The van der Waals surface area contributed by atoms with Crippen LogP contribution < -0.4 is 0 Å². The van der Waals surface area contributed by atoms with Gasteiger partial charge in [-0.25, -0.2) is 4.39 Å². The molecule has 1 fully saturated rings. The van der Waals surface area contributed by atoms with Crippen LogP contribution in [0.25, 0.3) is 0 Å². The Bertz CT molecular complexity index is 546. The molecule has 1 heterocycles. The fourth-order valence-corrected chi connectivity index (χ4v) is 2.46. The third kappa shape index (κ3) is 3.51. The van der Waals surface area contributed by atoms with Crippen LogP contribution >= 0.6 is 0 Å². The molecule has 114 valence electrons. The van der Waals surface area contributed by atoms with E-state index in [0.29, 0.717) is 26.0 Å². The summed E-state index contributed by atoms with van der Waals surface area (Å²) in [5.74, 6) is -2.14. The van der Waals surface area contributed by atoms with Crippen LogP contribution in [0.15, 0.2) is 18.2 Å². The molecule has 1 aromatic rings. The molecular weight excluding hydrogens is 277 g/mol. The summed E-state index contributed by atoms with van der Waals surface area (Å²) in [6.45, 7) is 2.75. The van der Waals surface area contributed by atoms with Crippen LogP contribution in [0, 0.1) is 11.7 Å². The van der Waals surface area contributed by atoms with Crippen LogP contribution in [0.1, 0.15) is 30.1 Å². The lowest BCUT2D eigenvalue weighted by atomic mass is 9.97. The van der Waals surface area contributed by atoms with E-state index in [2.05, 4.69) is 0 Å². The summed E-state index contributed by atoms with van der Waals surface area (Å²) in [6, 6.07) is 3.42. The smallest absolute Gasteiger partial charge is 0.310 e. The van der Waals surface area contributed by atoms with E-state index in [0.717, 1.165) is 6.07 Å². The SMILES string of the molecule is CCOC(=O)[C@@H]1CCCN(C(=O)c2ccc(O)cc2F)C1. The van der Waals surface area contributed by atoms with E-state index in [1.807, 2.05) is 0 Å². The Kier molecular flexibility index (Phi) is 4.77. The summed E-state index contributed by atoms with van der Waals surface area (Å²) in [4.78, 5) is 25.5. The molecule has 5 nitrogen and oxygen atoms in total. The maximum atomic E-state index is 13.7. The zero-order valence-corrected chi connectivity index (χ0v) is 11.8. The average Bonchev–Trinajstić information content (AvgIpc) is 2.47. The minimum Gasteiger partial charge on any atom is -0.508 e. The maximum Gasteiger partial charge on any atom is 0.310 e. The van der Waals surface area contributed by atoms with Gasteiger partial charge in [-0.15, -0.1) is 0 Å². The molecule has 1 amide bonds. The topological polar surface area (TPSA) is 66.8 Å². The molecule has 1 aliphatic heterocycles. The number of aromatic hydroxyl groups is 1. The van der Waals surface area contributed by atoms with Crippen LogP contribution in [0.3, 0.4) is 0 Å². The second-order valence-electron chi connectivity index (χ2n) is 5.01. The number of phenols is 1. The summed E-state index contributed by atoms with van der Waals surface area (Å²) in [5.41, 5.74) is -0.0997. The van der Waals surface area contributed by atoms with Gasteiger partial charge in [0.2, 0.25) is 0 Å². The molecule has 0 bridgehead atoms. The van der Waals surface area contributed by atoms with E-state index in [9.17, 15) is 19.1 Å². The number of amides is 1. The third-order valence-corrected chi connectivity index (χ3v) is 3.51. The number of benzene rings is 1. The third-order valence-electron chi connectivity index (χ3n) is 3.51. The zero-order valence-electron chi connectivity index (χ0n) is 11.8. The Morgan fingerprint density at radius 2 is 2.24 bits per heavy atom. The van der Waals surface area contributed by atoms with E-state index in [4.69, 9.17) is 4.74 Å². The summed E-state index contributed by atoms with van der Waals surface area (Å²) < 4.78 is 18.7. The fraction of sp³-hybridized carbons (Fsp3) is 0.467. The van der Waals surface area contributed by atoms with Gasteiger partial charge in [-0.2, -0.15) is 0 Å². The molecule has 0 spiro atoms. The highest BCUT2D eigenvalue weighted by atomic mass is 19.1. The van der Waals surface area contributed by atoms with Crippen molar-refractivity contribution in [3.8, 4) is 5.75 Å². The van der Waals surface area contributed by atoms with Crippen molar-refractivity contribution >= 4 is 11.9 Å². The van der Waals surface area contributed by atoms with Crippen molar-refractivity contribution in [2.24, 2.45) is 5.92 Å². The molecule has 1 saturated heterocycles. The number of phenolic OH excluding ortho intramolecular Hbond substituents is 1. The summed E-state index contributed by atoms with van der Waals surface area (Å²) in [6.07, 6.45) is 1.34. The molecule has 2 rings (SSSR count). The van der Waals surface area contributed by atoms with Crippen molar-refractivity contribution in [3.63, 3.8) is 0 Å². The number of carbonyl (C=O) groups excluding carboxylic acids is 2. The standard InChI is InChI=1S/C15H18FNO4/c1-2-21-15(20)10-4-3-7-17(9-10)14(19)12-6-5-11(18)8-13(12)16/h5-6,8,10,18H,2-4,7,9H2,1H3/t10-/m1/s1. The van der Waals surface area contributed by atoms with Gasteiger partial charge in [-0.1, -0.05) is 0 Å². The molecule has 1 aromatic carbocycles. The maximum absolute atomic E-state index is 13.7. The molecule has 21 heavy (non-hydrogen) atoms. The predicted molar refractivity (Wildman–Crippen MR) is 73.3 cm³/mol. The van der Waals surface area contributed by atoms with Gasteiger partial charge in [0.1, 0.15) is 11.6 Å². The van der Waals surface area contributed by atoms with Crippen molar-refractivity contribution in [1.82, 2.24) is 4.90 Å². The molecule has 0 saturated carbocycles. The van der Waals surface area contributed by atoms with E-state index in [-0.39, 0.29) is 29.7 Å². The minimum atomic E-state index is -0.766. The number of nitrogens with zero attached hydrogens (tertiary/aromatic N) is 1. The molecule has 0 aromatic heterocycles. The molecule has 1 N–H and O–H groups in total. The number of halogens is 1. The molecular formula is C15H18FNO4. The quantitative estimate of drug-likeness (QED) is 0.865. The number of likely N-dealkylation sites (tertiary alicyclic amines) is 1. The van der Waals surface area contributed by atoms with Crippen molar-refractivity contribution < 1.29 is 23.8 Å². The monoisotopic (exact) mass is 295 g/mol. The minimum absolute atomic E-state index is 0.0997. The van der Waals surface area contributed by atoms with Crippen LogP contribution in [0.2, 0.25) is 0 Å². The predicted octanol–water partition coefficient (Wildman–Crippen LogP) is 1.95. The second-order valence-corrected chi connectivity index (χ2v) is 5.01. The number of hydrogen-bond acceptors (Lipinski definition) is 4. The first-order valence-electron chi connectivity index (χ1n) is 6.97. The Morgan fingerprint density at radius 1 is 1.48 bits per heavy atom. The molecule has 1 aliphatic rings. The van der Waals surface area contributed by atoms with Gasteiger partial charge < -0.3 is 14.7 Å². The molecule has 0 aliphatic carbocycles. The molecule has 0 radical (unpaired) electrons. The fourth-order valence-electron chi connectivity index (χ4n) is 2.46. The van der Waals surface area contributed by atoms with Gasteiger partial charge in [0.15, 0.2) is 0 Å². The second kappa shape index (κ2) is 6.56. The van der Waals surface area contributed by atoms with Crippen molar-refractivity contribution in [1.29, 1.82) is 0 Å². The zero-order chi connectivity index (χ0) is 15.4. The number of esters is 1. The van der Waals surface area contributed by atoms with Crippen molar-refractivity contribution in [2.75, 3.05) is 19.7 Å². The first-order valence-corrected chi connectivity index (χ1v) is 6.97. The van der Waals surface area contributed by atoms with E-state index >= 15 is 0 Å². The van der Waals surface area contributed by atoms with E-state index in [1.165, 1.54) is 17.0 Å². The summed E-state index contributed by atoms with van der Waals surface area (Å²) >= 11 is 0. The van der Waals surface area contributed by atoms with Gasteiger partial charge in [0.25, 0.3) is 5.91 Å². The van der Waals surface area contributed by atoms with Crippen LogP contribution in [0.5, 0.6) is 5.75 Å².